The molecule has 4 heteroatoms. The number of anilines is 1. The van der Waals surface area contributed by atoms with Gasteiger partial charge in [0.1, 0.15) is 5.82 Å². The molecule has 1 saturated heterocycles. The summed E-state index contributed by atoms with van der Waals surface area (Å²) in [5.74, 6) is 1.16. The monoisotopic (exact) mass is 245 g/mol. The Bertz CT molecular complexity index is 555. The molecule has 1 aromatic heterocycles. The molecule has 4 nitrogen and oxygen atoms in total. The van der Waals surface area contributed by atoms with E-state index < -0.39 is 0 Å². The van der Waals surface area contributed by atoms with E-state index in [2.05, 4.69) is 17.6 Å². The molecule has 2 aromatic rings. The molecular weight excluding hydrogens is 226 g/mol. The highest BCUT2D eigenvalue weighted by molar-refractivity contribution is 5.79. The Balaban J connectivity index is 2.14. The number of nitrogens with two attached hydrogens (primary N) is 1. The maximum atomic E-state index is 5.84. The average Bonchev–Trinajstić information content (AvgIpc) is 2.95. The van der Waals surface area contributed by atoms with Crippen molar-refractivity contribution in [3.63, 3.8) is 0 Å². The van der Waals surface area contributed by atoms with E-state index in [-0.39, 0.29) is 0 Å². The van der Waals surface area contributed by atoms with Gasteiger partial charge in [0.15, 0.2) is 0 Å². The van der Waals surface area contributed by atoms with Crippen LogP contribution in [0.15, 0.2) is 18.2 Å². The van der Waals surface area contributed by atoms with Gasteiger partial charge in [0.25, 0.3) is 0 Å². The number of aromatic nitrogens is 2. The van der Waals surface area contributed by atoms with E-state index in [1.165, 1.54) is 5.52 Å². The smallest absolute Gasteiger partial charge is 0.110 e. The van der Waals surface area contributed by atoms with Crippen molar-refractivity contribution >= 4 is 16.7 Å². The van der Waals surface area contributed by atoms with E-state index in [4.69, 9.17) is 15.5 Å². The third kappa shape index (κ3) is 1.86. The van der Waals surface area contributed by atoms with E-state index in [0.717, 1.165) is 49.5 Å². The molecular formula is C14H19N3O. The fourth-order valence-corrected chi connectivity index (χ4v) is 2.70. The summed E-state index contributed by atoms with van der Waals surface area (Å²) in [6, 6.07) is 6.42. The fraction of sp³-hybridized carbons (Fsp3) is 0.500. The quantitative estimate of drug-likeness (QED) is 0.845. The van der Waals surface area contributed by atoms with Crippen molar-refractivity contribution in [3.05, 3.63) is 24.0 Å². The molecule has 1 aliphatic rings. The summed E-state index contributed by atoms with van der Waals surface area (Å²) in [4.78, 5) is 4.74. The maximum absolute atomic E-state index is 5.84. The number of benzene rings is 1. The summed E-state index contributed by atoms with van der Waals surface area (Å²) in [6.45, 7) is 3.83. The van der Waals surface area contributed by atoms with Crippen LogP contribution in [-0.2, 0) is 11.2 Å². The van der Waals surface area contributed by atoms with Crippen LogP contribution in [0.2, 0.25) is 0 Å². The van der Waals surface area contributed by atoms with Gasteiger partial charge in [-0.25, -0.2) is 4.98 Å². The van der Waals surface area contributed by atoms with Crippen molar-refractivity contribution in [1.82, 2.24) is 9.55 Å². The van der Waals surface area contributed by atoms with Crippen LogP contribution in [0.3, 0.4) is 0 Å². The van der Waals surface area contributed by atoms with Gasteiger partial charge in [-0.15, -0.1) is 0 Å². The van der Waals surface area contributed by atoms with Crippen LogP contribution in [0.1, 0.15) is 31.6 Å². The number of hydrogen-bond donors (Lipinski definition) is 1. The number of ether oxygens (including phenoxy) is 1. The zero-order chi connectivity index (χ0) is 12.5. The Kier molecular flexibility index (Phi) is 2.96. The summed E-state index contributed by atoms with van der Waals surface area (Å²) in [5.41, 5.74) is 8.80. The van der Waals surface area contributed by atoms with Crippen molar-refractivity contribution < 1.29 is 4.74 Å². The van der Waals surface area contributed by atoms with Gasteiger partial charge >= 0.3 is 0 Å². The third-order valence-corrected chi connectivity index (χ3v) is 3.53. The second kappa shape index (κ2) is 4.61. The first-order valence-electron chi connectivity index (χ1n) is 6.63. The van der Waals surface area contributed by atoms with Crippen LogP contribution in [0, 0.1) is 0 Å². The fourth-order valence-electron chi connectivity index (χ4n) is 2.70. The molecule has 1 aliphatic heterocycles. The topological polar surface area (TPSA) is 53.1 Å². The maximum Gasteiger partial charge on any atom is 0.110 e. The van der Waals surface area contributed by atoms with Crippen molar-refractivity contribution in [1.29, 1.82) is 0 Å². The SMILES string of the molecule is CCCc1nc2cc(N)ccc2n1C1CCOC1. The second-order valence-electron chi connectivity index (χ2n) is 4.91. The Morgan fingerprint density at radius 2 is 2.39 bits per heavy atom. The second-order valence-corrected chi connectivity index (χ2v) is 4.91. The molecule has 1 aromatic carbocycles. The molecule has 0 aliphatic carbocycles. The summed E-state index contributed by atoms with van der Waals surface area (Å²) in [6.07, 6.45) is 3.18. The number of nitrogens with zero attached hydrogens (tertiary/aromatic N) is 2. The summed E-state index contributed by atoms with van der Waals surface area (Å²) >= 11 is 0. The predicted octanol–water partition coefficient (Wildman–Crippen LogP) is 2.53. The lowest BCUT2D eigenvalue weighted by Crippen LogP contribution is -2.12. The molecule has 1 fully saturated rings. The van der Waals surface area contributed by atoms with Crippen molar-refractivity contribution in [2.24, 2.45) is 0 Å². The van der Waals surface area contributed by atoms with E-state index in [9.17, 15) is 0 Å². The average molecular weight is 245 g/mol. The van der Waals surface area contributed by atoms with Crippen LogP contribution in [-0.4, -0.2) is 22.8 Å². The molecule has 3 rings (SSSR count). The molecule has 2 N–H and O–H groups in total. The van der Waals surface area contributed by atoms with Gasteiger partial charge in [-0.3, -0.25) is 0 Å². The standard InChI is InChI=1S/C14H19N3O/c1-2-3-14-16-12-8-10(15)4-5-13(12)17(14)11-6-7-18-9-11/h4-5,8,11H,2-3,6-7,9,15H2,1H3. The van der Waals surface area contributed by atoms with Gasteiger partial charge in [-0.1, -0.05) is 6.92 Å². The molecule has 2 heterocycles. The van der Waals surface area contributed by atoms with Gasteiger partial charge in [0, 0.05) is 18.7 Å². The minimum absolute atomic E-state index is 0.431. The first-order chi connectivity index (χ1) is 8.79. The number of fused-ring (bicyclic) bond motifs is 1. The molecule has 0 saturated carbocycles. The molecule has 0 bridgehead atoms. The summed E-state index contributed by atoms with van der Waals surface area (Å²) in [7, 11) is 0. The molecule has 1 atom stereocenters. The minimum atomic E-state index is 0.431. The van der Waals surface area contributed by atoms with Crippen LogP contribution in [0.4, 0.5) is 5.69 Å². The highest BCUT2D eigenvalue weighted by Gasteiger charge is 2.22. The van der Waals surface area contributed by atoms with Crippen LogP contribution < -0.4 is 5.73 Å². The van der Waals surface area contributed by atoms with Crippen LogP contribution >= 0.6 is 0 Å². The first kappa shape index (κ1) is 11.5. The Morgan fingerprint density at radius 1 is 1.50 bits per heavy atom. The lowest BCUT2D eigenvalue weighted by Gasteiger charge is -2.14. The van der Waals surface area contributed by atoms with Gasteiger partial charge in [0.05, 0.1) is 23.7 Å². The zero-order valence-corrected chi connectivity index (χ0v) is 10.7. The summed E-state index contributed by atoms with van der Waals surface area (Å²) in [5, 5.41) is 0. The molecule has 18 heavy (non-hydrogen) atoms. The largest absolute Gasteiger partial charge is 0.399 e. The normalized spacial score (nSPS) is 19.7. The van der Waals surface area contributed by atoms with Crippen LogP contribution in [0.25, 0.3) is 11.0 Å². The zero-order valence-electron chi connectivity index (χ0n) is 10.7. The number of nitrogen functional groups attached to an aromatic ring is 1. The van der Waals surface area contributed by atoms with Crippen molar-refractivity contribution in [2.75, 3.05) is 18.9 Å². The third-order valence-electron chi connectivity index (χ3n) is 3.53. The number of imidazole rings is 1. The van der Waals surface area contributed by atoms with Gasteiger partial charge in [-0.05, 0) is 31.0 Å². The molecule has 1 unspecified atom stereocenters. The Hall–Kier alpha value is -1.55. The predicted molar refractivity (Wildman–Crippen MR) is 72.6 cm³/mol. The minimum Gasteiger partial charge on any atom is -0.399 e. The number of aryl methyl sites for hydroxylation is 1. The Labute approximate surface area is 107 Å². The van der Waals surface area contributed by atoms with E-state index >= 15 is 0 Å². The molecule has 96 valence electrons. The highest BCUT2D eigenvalue weighted by Crippen LogP contribution is 2.28. The number of rotatable bonds is 3. The van der Waals surface area contributed by atoms with Gasteiger partial charge in [-0.2, -0.15) is 0 Å². The van der Waals surface area contributed by atoms with E-state index in [1.54, 1.807) is 0 Å². The van der Waals surface area contributed by atoms with Crippen LogP contribution in [0.5, 0.6) is 0 Å². The van der Waals surface area contributed by atoms with E-state index in [0.29, 0.717) is 6.04 Å². The van der Waals surface area contributed by atoms with Crippen molar-refractivity contribution in [2.45, 2.75) is 32.2 Å². The Morgan fingerprint density at radius 3 is 3.11 bits per heavy atom. The lowest BCUT2D eigenvalue weighted by molar-refractivity contribution is 0.186. The first-order valence-corrected chi connectivity index (χ1v) is 6.63. The molecule has 0 amide bonds. The number of hydrogen-bond acceptors (Lipinski definition) is 3. The van der Waals surface area contributed by atoms with Gasteiger partial charge < -0.3 is 15.0 Å². The van der Waals surface area contributed by atoms with E-state index in [1.807, 2.05) is 12.1 Å². The van der Waals surface area contributed by atoms with Crippen molar-refractivity contribution in [3.8, 4) is 0 Å². The summed E-state index contributed by atoms with van der Waals surface area (Å²) < 4.78 is 7.87. The van der Waals surface area contributed by atoms with Gasteiger partial charge in [0.2, 0.25) is 0 Å². The lowest BCUT2D eigenvalue weighted by atomic mass is 10.2. The highest BCUT2D eigenvalue weighted by atomic mass is 16.5. The molecule has 0 spiro atoms. The molecule has 0 radical (unpaired) electrons.